The average molecular weight is 425 g/mol. The third kappa shape index (κ3) is 5.39. The van der Waals surface area contributed by atoms with Crippen molar-refractivity contribution in [2.75, 3.05) is 41.3 Å². The molecule has 6 nitrogen and oxygen atoms in total. The number of aromatic nitrogens is 2. The first-order chi connectivity index (χ1) is 14.7. The van der Waals surface area contributed by atoms with Crippen molar-refractivity contribution >= 4 is 34.9 Å². The average Bonchev–Trinajstić information content (AvgIpc) is 2.80. The molecule has 2 fully saturated rings. The van der Waals surface area contributed by atoms with Gasteiger partial charge in [-0.15, -0.1) is 0 Å². The van der Waals surface area contributed by atoms with E-state index in [1.807, 2.05) is 18.2 Å². The Hall–Kier alpha value is -2.41. The van der Waals surface area contributed by atoms with Gasteiger partial charge in [0.25, 0.3) is 0 Å². The Labute approximate surface area is 185 Å². The van der Waals surface area contributed by atoms with Gasteiger partial charge in [-0.25, -0.2) is 0 Å². The molecule has 2 aliphatic heterocycles. The first-order valence-electron chi connectivity index (χ1n) is 11.2. The van der Waals surface area contributed by atoms with E-state index in [-0.39, 0.29) is 6.04 Å². The molecular weight excluding hydrogens is 392 g/mol. The van der Waals surface area contributed by atoms with Crippen LogP contribution in [-0.2, 0) is 0 Å². The lowest BCUT2D eigenvalue weighted by atomic mass is 10.1. The van der Waals surface area contributed by atoms with Gasteiger partial charge in [0.15, 0.2) is 5.11 Å². The lowest BCUT2D eigenvalue weighted by Gasteiger charge is -2.31. The Morgan fingerprint density at radius 2 is 1.40 bits per heavy atom. The summed E-state index contributed by atoms with van der Waals surface area (Å²) < 4.78 is 0. The van der Waals surface area contributed by atoms with E-state index in [0.717, 1.165) is 37.8 Å². The van der Waals surface area contributed by atoms with E-state index in [0.29, 0.717) is 11.1 Å². The number of piperidine rings is 2. The van der Waals surface area contributed by atoms with Crippen LogP contribution in [0.1, 0.15) is 57.1 Å². The van der Waals surface area contributed by atoms with Crippen LogP contribution >= 0.6 is 12.2 Å². The highest BCUT2D eigenvalue weighted by atomic mass is 32.1. The smallest absolute Gasteiger partial charge is 0.232 e. The van der Waals surface area contributed by atoms with Crippen LogP contribution in [0.15, 0.2) is 36.4 Å². The maximum Gasteiger partial charge on any atom is 0.232 e. The zero-order valence-electron chi connectivity index (χ0n) is 17.8. The first-order valence-corrected chi connectivity index (χ1v) is 11.6. The van der Waals surface area contributed by atoms with E-state index < -0.39 is 0 Å². The van der Waals surface area contributed by atoms with Crippen LogP contribution in [0.3, 0.4) is 0 Å². The van der Waals surface area contributed by atoms with Crippen LogP contribution in [0.4, 0.5) is 17.6 Å². The van der Waals surface area contributed by atoms with Gasteiger partial charge in [-0.2, -0.15) is 9.97 Å². The van der Waals surface area contributed by atoms with Crippen LogP contribution in [-0.4, -0.2) is 41.3 Å². The molecule has 0 radical (unpaired) electrons. The maximum absolute atomic E-state index is 5.58. The molecule has 1 atom stereocenters. The van der Waals surface area contributed by atoms with E-state index in [9.17, 15) is 0 Å². The lowest BCUT2D eigenvalue weighted by Crippen LogP contribution is -2.34. The molecule has 4 rings (SSSR count). The Bertz CT molecular complexity index is 795. The maximum atomic E-state index is 5.58. The summed E-state index contributed by atoms with van der Waals surface area (Å²) >= 11 is 5.58. The molecular formula is C23H32N6S. The van der Waals surface area contributed by atoms with Crippen LogP contribution in [0.5, 0.6) is 0 Å². The molecule has 0 spiro atoms. The number of hydrogen-bond donors (Lipinski definition) is 2. The molecule has 2 aliphatic rings. The third-order valence-corrected chi connectivity index (χ3v) is 6.15. The zero-order chi connectivity index (χ0) is 20.8. The Balaban J connectivity index is 1.51. The molecule has 0 amide bonds. The van der Waals surface area contributed by atoms with Gasteiger partial charge >= 0.3 is 0 Å². The van der Waals surface area contributed by atoms with E-state index in [1.54, 1.807) is 0 Å². The van der Waals surface area contributed by atoms with Gasteiger partial charge in [-0.3, -0.25) is 0 Å². The molecule has 1 aromatic heterocycles. The summed E-state index contributed by atoms with van der Waals surface area (Å²) in [6, 6.07) is 12.6. The van der Waals surface area contributed by atoms with Crippen molar-refractivity contribution in [2.45, 2.75) is 51.5 Å². The highest BCUT2D eigenvalue weighted by Crippen LogP contribution is 2.26. The Morgan fingerprint density at radius 1 is 0.867 bits per heavy atom. The molecule has 2 aromatic rings. The normalized spacial score (nSPS) is 18.0. The molecule has 30 heavy (non-hydrogen) atoms. The number of rotatable bonds is 5. The first kappa shape index (κ1) is 20.8. The molecule has 0 saturated carbocycles. The molecule has 0 unspecified atom stereocenters. The molecule has 0 aliphatic carbocycles. The third-order valence-electron chi connectivity index (χ3n) is 5.93. The zero-order valence-corrected chi connectivity index (χ0v) is 18.6. The van der Waals surface area contributed by atoms with Crippen molar-refractivity contribution in [2.24, 2.45) is 0 Å². The van der Waals surface area contributed by atoms with Gasteiger partial charge in [-0.05, 0) is 63.2 Å². The fourth-order valence-electron chi connectivity index (χ4n) is 4.21. The minimum atomic E-state index is 0.109. The molecule has 2 saturated heterocycles. The molecule has 1 aromatic carbocycles. The van der Waals surface area contributed by atoms with Crippen molar-refractivity contribution in [3.05, 3.63) is 42.0 Å². The Morgan fingerprint density at radius 3 is 1.93 bits per heavy atom. The molecule has 0 bridgehead atoms. The second-order valence-corrected chi connectivity index (χ2v) is 8.64. The molecule has 160 valence electrons. The summed E-state index contributed by atoms with van der Waals surface area (Å²) in [5.74, 6) is 2.59. The van der Waals surface area contributed by atoms with Crippen molar-refractivity contribution in [3.8, 4) is 0 Å². The number of hydrogen-bond acceptors (Lipinski definition) is 5. The van der Waals surface area contributed by atoms with E-state index in [2.05, 4.69) is 45.6 Å². The molecule has 3 heterocycles. The van der Waals surface area contributed by atoms with Crippen LogP contribution < -0.4 is 20.4 Å². The van der Waals surface area contributed by atoms with Gasteiger partial charge in [0.1, 0.15) is 11.6 Å². The SMILES string of the molecule is C[C@@H](NC(=S)Nc1nc(N2CCCCC2)cc(N2CCCCC2)n1)c1ccccc1. The summed E-state index contributed by atoms with van der Waals surface area (Å²) in [5, 5.41) is 7.15. The van der Waals surface area contributed by atoms with Crippen LogP contribution in [0.25, 0.3) is 0 Å². The van der Waals surface area contributed by atoms with E-state index in [1.165, 1.54) is 44.1 Å². The van der Waals surface area contributed by atoms with Gasteiger partial charge in [0.2, 0.25) is 5.95 Å². The highest BCUT2D eigenvalue weighted by Gasteiger charge is 2.19. The lowest BCUT2D eigenvalue weighted by molar-refractivity contribution is 0.567. The summed E-state index contributed by atoms with van der Waals surface area (Å²) in [6.45, 7) is 6.34. The predicted molar refractivity (Wildman–Crippen MR) is 128 cm³/mol. The van der Waals surface area contributed by atoms with Crippen molar-refractivity contribution in [3.63, 3.8) is 0 Å². The van der Waals surface area contributed by atoms with Gasteiger partial charge < -0.3 is 20.4 Å². The van der Waals surface area contributed by atoms with Crippen molar-refractivity contribution in [1.29, 1.82) is 0 Å². The summed E-state index contributed by atoms with van der Waals surface area (Å²) in [4.78, 5) is 14.4. The monoisotopic (exact) mass is 424 g/mol. The topological polar surface area (TPSA) is 56.3 Å². The molecule has 7 heteroatoms. The van der Waals surface area contributed by atoms with Crippen LogP contribution in [0, 0.1) is 0 Å². The quantitative estimate of drug-likeness (QED) is 0.685. The standard InChI is InChI=1S/C23H32N6S/c1-18(19-11-5-2-6-12-19)24-23(30)27-22-25-20(28-13-7-3-8-14-28)17-21(26-22)29-15-9-4-10-16-29/h2,5-6,11-12,17-18H,3-4,7-10,13-16H2,1H3,(H2,24,25,26,27,30)/t18-/m1/s1. The number of thiocarbonyl (C=S) groups is 1. The summed E-state index contributed by atoms with van der Waals surface area (Å²) in [6.07, 6.45) is 7.50. The summed E-state index contributed by atoms with van der Waals surface area (Å²) in [7, 11) is 0. The van der Waals surface area contributed by atoms with Gasteiger partial charge in [-0.1, -0.05) is 30.3 Å². The second-order valence-electron chi connectivity index (χ2n) is 8.23. The number of benzene rings is 1. The number of nitrogens with zero attached hydrogens (tertiary/aromatic N) is 4. The van der Waals surface area contributed by atoms with E-state index >= 15 is 0 Å². The summed E-state index contributed by atoms with van der Waals surface area (Å²) in [5.41, 5.74) is 1.19. The van der Waals surface area contributed by atoms with Crippen molar-refractivity contribution < 1.29 is 0 Å². The fraction of sp³-hybridized carbons (Fsp3) is 0.522. The largest absolute Gasteiger partial charge is 0.356 e. The molecule has 2 N–H and O–H groups in total. The Kier molecular flexibility index (Phi) is 7.00. The minimum Gasteiger partial charge on any atom is -0.356 e. The predicted octanol–water partition coefficient (Wildman–Crippen LogP) is 4.50. The number of anilines is 3. The number of nitrogens with one attached hydrogen (secondary N) is 2. The highest BCUT2D eigenvalue weighted by molar-refractivity contribution is 7.80. The fourth-order valence-corrected chi connectivity index (χ4v) is 4.48. The van der Waals surface area contributed by atoms with E-state index in [4.69, 9.17) is 22.2 Å². The second kappa shape index (κ2) is 10.1. The van der Waals surface area contributed by atoms with Crippen LogP contribution in [0.2, 0.25) is 0 Å². The van der Waals surface area contributed by atoms with Crippen molar-refractivity contribution in [1.82, 2.24) is 15.3 Å². The minimum absolute atomic E-state index is 0.109. The van der Waals surface area contributed by atoms with Gasteiger partial charge in [0, 0.05) is 32.2 Å². The van der Waals surface area contributed by atoms with Gasteiger partial charge in [0.05, 0.1) is 6.04 Å².